The molecule has 0 bridgehead atoms. The van der Waals surface area contributed by atoms with Gasteiger partial charge in [-0.15, -0.1) is 0 Å². The molecule has 1 aliphatic rings. The number of benzene rings is 2. The monoisotopic (exact) mass is 269 g/mol. The molecule has 0 fully saturated rings. The molecule has 0 saturated carbocycles. The number of ether oxygens (including phenoxy) is 1. The van der Waals surface area contributed by atoms with Gasteiger partial charge in [0.2, 0.25) is 0 Å². The second-order valence-electron chi connectivity index (χ2n) is 4.90. The standard InChI is InChI=1S/C17H16FNO/c1-12(17-19-9-10-20-17)14-7-8-15(16(18)11-14)13-5-3-2-4-6-13/h2-8,11-12H,9-10H2,1H3. The van der Waals surface area contributed by atoms with Crippen LogP contribution in [-0.4, -0.2) is 19.0 Å². The average molecular weight is 269 g/mol. The van der Waals surface area contributed by atoms with Crippen molar-refractivity contribution in [2.24, 2.45) is 4.99 Å². The molecular formula is C17H16FNO. The number of hydrogen-bond acceptors (Lipinski definition) is 2. The molecule has 2 aromatic carbocycles. The molecule has 1 heterocycles. The van der Waals surface area contributed by atoms with Gasteiger partial charge in [0.05, 0.1) is 12.5 Å². The third kappa shape index (κ3) is 2.44. The van der Waals surface area contributed by atoms with Crippen molar-refractivity contribution in [2.75, 3.05) is 13.2 Å². The van der Waals surface area contributed by atoms with E-state index in [1.807, 2.05) is 49.4 Å². The van der Waals surface area contributed by atoms with Crippen LogP contribution in [0.4, 0.5) is 4.39 Å². The van der Waals surface area contributed by atoms with Gasteiger partial charge in [-0.05, 0) is 24.1 Å². The second kappa shape index (κ2) is 5.45. The van der Waals surface area contributed by atoms with Crippen LogP contribution >= 0.6 is 0 Å². The summed E-state index contributed by atoms with van der Waals surface area (Å²) in [6, 6.07) is 14.9. The van der Waals surface area contributed by atoms with Crippen molar-refractivity contribution in [1.82, 2.24) is 0 Å². The van der Waals surface area contributed by atoms with Gasteiger partial charge < -0.3 is 4.74 Å². The van der Waals surface area contributed by atoms with Crippen LogP contribution in [-0.2, 0) is 4.74 Å². The fraction of sp³-hybridized carbons (Fsp3) is 0.235. The molecule has 3 rings (SSSR count). The van der Waals surface area contributed by atoms with E-state index in [4.69, 9.17) is 4.74 Å². The van der Waals surface area contributed by atoms with Crippen LogP contribution in [0.3, 0.4) is 0 Å². The summed E-state index contributed by atoms with van der Waals surface area (Å²) in [6.45, 7) is 3.32. The van der Waals surface area contributed by atoms with Gasteiger partial charge in [0, 0.05) is 5.56 Å². The van der Waals surface area contributed by atoms with Crippen LogP contribution in [0.1, 0.15) is 18.4 Å². The molecule has 2 nitrogen and oxygen atoms in total. The first-order chi connectivity index (χ1) is 9.75. The molecule has 2 aromatic rings. The van der Waals surface area contributed by atoms with Gasteiger partial charge in [-0.1, -0.05) is 42.5 Å². The van der Waals surface area contributed by atoms with Gasteiger partial charge in [-0.2, -0.15) is 0 Å². The highest BCUT2D eigenvalue weighted by atomic mass is 19.1. The Hall–Kier alpha value is -2.16. The van der Waals surface area contributed by atoms with Crippen LogP contribution in [0.2, 0.25) is 0 Å². The Balaban J connectivity index is 1.91. The van der Waals surface area contributed by atoms with E-state index in [2.05, 4.69) is 4.99 Å². The molecule has 1 unspecified atom stereocenters. The highest BCUT2D eigenvalue weighted by Crippen LogP contribution is 2.27. The molecular weight excluding hydrogens is 253 g/mol. The normalized spacial score (nSPS) is 15.6. The summed E-state index contributed by atoms with van der Waals surface area (Å²) in [5.41, 5.74) is 2.40. The summed E-state index contributed by atoms with van der Waals surface area (Å²) in [5.74, 6) is 0.493. The first-order valence-corrected chi connectivity index (χ1v) is 6.78. The number of nitrogens with zero attached hydrogens (tertiary/aromatic N) is 1. The number of rotatable bonds is 3. The van der Waals surface area contributed by atoms with E-state index in [0.29, 0.717) is 24.6 Å². The maximum Gasteiger partial charge on any atom is 0.190 e. The summed E-state index contributed by atoms with van der Waals surface area (Å²) < 4.78 is 19.8. The maximum absolute atomic E-state index is 14.3. The van der Waals surface area contributed by atoms with Gasteiger partial charge in [-0.3, -0.25) is 4.99 Å². The molecule has 0 aromatic heterocycles. The predicted molar refractivity (Wildman–Crippen MR) is 78.5 cm³/mol. The number of aliphatic imine (C=N–C) groups is 1. The van der Waals surface area contributed by atoms with E-state index in [1.54, 1.807) is 6.07 Å². The fourth-order valence-electron chi connectivity index (χ4n) is 2.41. The lowest BCUT2D eigenvalue weighted by molar-refractivity contribution is 0.334. The lowest BCUT2D eigenvalue weighted by Crippen LogP contribution is -2.10. The Morgan fingerprint density at radius 3 is 2.60 bits per heavy atom. The minimum absolute atomic E-state index is 0.00294. The Morgan fingerprint density at radius 2 is 1.95 bits per heavy atom. The third-order valence-corrected chi connectivity index (χ3v) is 3.56. The van der Waals surface area contributed by atoms with E-state index in [0.717, 1.165) is 11.1 Å². The quantitative estimate of drug-likeness (QED) is 0.824. The van der Waals surface area contributed by atoms with E-state index >= 15 is 0 Å². The predicted octanol–water partition coefficient (Wildman–Crippen LogP) is 4.02. The minimum atomic E-state index is -0.209. The molecule has 20 heavy (non-hydrogen) atoms. The van der Waals surface area contributed by atoms with Crippen LogP contribution in [0.15, 0.2) is 53.5 Å². The Labute approximate surface area is 117 Å². The topological polar surface area (TPSA) is 21.6 Å². The molecule has 1 aliphatic heterocycles. The smallest absolute Gasteiger partial charge is 0.190 e. The fourth-order valence-corrected chi connectivity index (χ4v) is 2.41. The second-order valence-corrected chi connectivity index (χ2v) is 4.90. The first kappa shape index (κ1) is 12.9. The van der Waals surface area contributed by atoms with E-state index in [1.165, 1.54) is 0 Å². The van der Waals surface area contributed by atoms with Gasteiger partial charge in [0.15, 0.2) is 5.90 Å². The number of hydrogen-bond donors (Lipinski definition) is 0. The summed E-state index contributed by atoms with van der Waals surface area (Å²) in [7, 11) is 0. The van der Waals surface area contributed by atoms with Crippen LogP contribution in [0.25, 0.3) is 11.1 Å². The number of halogens is 1. The molecule has 0 N–H and O–H groups in total. The van der Waals surface area contributed by atoms with E-state index in [9.17, 15) is 4.39 Å². The molecule has 0 saturated heterocycles. The summed E-state index contributed by atoms with van der Waals surface area (Å²) in [5, 5.41) is 0. The summed E-state index contributed by atoms with van der Waals surface area (Å²) >= 11 is 0. The average Bonchev–Trinajstić information content (AvgIpc) is 3.01. The highest BCUT2D eigenvalue weighted by molar-refractivity contribution is 5.84. The van der Waals surface area contributed by atoms with Crippen molar-refractivity contribution in [1.29, 1.82) is 0 Å². The molecule has 0 aliphatic carbocycles. The van der Waals surface area contributed by atoms with Crippen LogP contribution in [0, 0.1) is 5.82 Å². The van der Waals surface area contributed by atoms with E-state index in [-0.39, 0.29) is 11.7 Å². The minimum Gasteiger partial charge on any atom is -0.479 e. The largest absolute Gasteiger partial charge is 0.479 e. The molecule has 0 radical (unpaired) electrons. The Morgan fingerprint density at radius 1 is 1.15 bits per heavy atom. The van der Waals surface area contributed by atoms with Gasteiger partial charge in [-0.25, -0.2) is 4.39 Å². The van der Waals surface area contributed by atoms with Gasteiger partial charge >= 0.3 is 0 Å². The third-order valence-electron chi connectivity index (χ3n) is 3.56. The molecule has 0 amide bonds. The van der Waals surface area contributed by atoms with Crippen LogP contribution in [0.5, 0.6) is 0 Å². The maximum atomic E-state index is 14.3. The van der Waals surface area contributed by atoms with Crippen molar-refractivity contribution in [3.63, 3.8) is 0 Å². The van der Waals surface area contributed by atoms with Crippen molar-refractivity contribution < 1.29 is 9.13 Å². The van der Waals surface area contributed by atoms with Gasteiger partial charge in [0.1, 0.15) is 12.4 Å². The Kier molecular flexibility index (Phi) is 3.50. The van der Waals surface area contributed by atoms with Crippen LogP contribution < -0.4 is 0 Å². The highest BCUT2D eigenvalue weighted by Gasteiger charge is 2.19. The lowest BCUT2D eigenvalue weighted by Gasteiger charge is -2.13. The lowest BCUT2D eigenvalue weighted by atomic mass is 9.97. The Bertz CT molecular complexity index is 637. The zero-order valence-electron chi connectivity index (χ0n) is 11.3. The zero-order valence-corrected chi connectivity index (χ0v) is 11.3. The van der Waals surface area contributed by atoms with Crippen molar-refractivity contribution in [3.05, 3.63) is 59.9 Å². The van der Waals surface area contributed by atoms with Crippen molar-refractivity contribution in [2.45, 2.75) is 12.8 Å². The van der Waals surface area contributed by atoms with Gasteiger partial charge in [0.25, 0.3) is 0 Å². The molecule has 0 spiro atoms. The van der Waals surface area contributed by atoms with E-state index < -0.39 is 0 Å². The van der Waals surface area contributed by atoms with Crippen molar-refractivity contribution in [3.8, 4) is 11.1 Å². The van der Waals surface area contributed by atoms with Crippen molar-refractivity contribution >= 4 is 5.90 Å². The molecule has 102 valence electrons. The SMILES string of the molecule is CC(C1=NCCO1)c1ccc(-c2ccccc2)c(F)c1. The molecule has 3 heteroatoms. The summed E-state index contributed by atoms with van der Waals surface area (Å²) in [6.07, 6.45) is 0. The first-order valence-electron chi connectivity index (χ1n) is 6.78. The molecule has 1 atom stereocenters. The summed E-state index contributed by atoms with van der Waals surface area (Å²) in [4.78, 5) is 4.29. The zero-order chi connectivity index (χ0) is 13.9.